The smallest absolute Gasteiger partial charge is 0.305 e. The molecule has 72 valence electrons. The highest BCUT2D eigenvalue weighted by Crippen LogP contribution is 1.98. The van der Waals surface area contributed by atoms with Gasteiger partial charge in [0.1, 0.15) is 0 Å². The average molecular weight is 174 g/mol. The molecule has 0 heterocycles. The van der Waals surface area contributed by atoms with Crippen LogP contribution in [0, 0.1) is 0 Å². The predicted octanol–water partition coefficient (Wildman–Crippen LogP) is 1.49. The van der Waals surface area contributed by atoms with Crippen LogP contribution in [0.15, 0.2) is 0 Å². The second-order valence-corrected chi connectivity index (χ2v) is 2.82. The molecule has 0 aromatic heterocycles. The van der Waals surface area contributed by atoms with Gasteiger partial charge in [0.05, 0.1) is 12.7 Å². The van der Waals surface area contributed by atoms with Crippen molar-refractivity contribution >= 4 is 5.97 Å². The molecule has 1 unspecified atom stereocenters. The van der Waals surface area contributed by atoms with Crippen molar-refractivity contribution in [1.82, 2.24) is 0 Å². The Kier molecular flexibility index (Phi) is 6.76. The molecule has 0 aliphatic carbocycles. The highest BCUT2D eigenvalue weighted by molar-refractivity contribution is 5.69. The average Bonchev–Trinajstić information content (AvgIpc) is 2.04. The highest BCUT2D eigenvalue weighted by Gasteiger charge is 2.03. The van der Waals surface area contributed by atoms with E-state index in [9.17, 15) is 4.79 Å². The number of ether oxygens (including phenoxy) is 1. The van der Waals surface area contributed by atoms with Gasteiger partial charge >= 0.3 is 5.97 Å². The molecule has 0 aliphatic heterocycles. The van der Waals surface area contributed by atoms with Crippen molar-refractivity contribution in [3.8, 4) is 0 Å². The van der Waals surface area contributed by atoms with Crippen LogP contribution < -0.4 is 0 Å². The predicted molar refractivity (Wildman–Crippen MR) is 46.8 cm³/mol. The van der Waals surface area contributed by atoms with Gasteiger partial charge in [0, 0.05) is 12.8 Å². The molecule has 12 heavy (non-hydrogen) atoms. The Morgan fingerprint density at radius 3 is 2.67 bits per heavy atom. The third kappa shape index (κ3) is 6.16. The van der Waals surface area contributed by atoms with Gasteiger partial charge in [-0.3, -0.25) is 4.79 Å². The minimum Gasteiger partial charge on any atom is -0.466 e. The molecule has 0 aromatic rings. The first-order chi connectivity index (χ1) is 5.70. The van der Waals surface area contributed by atoms with Crippen molar-refractivity contribution in [3.63, 3.8) is 0 Å². The number of aliphatic hydroxyl groups excluding tert-OH is 1. The van der Waals surface area contributed by atoms with Crippen LogP contribution >= 0.6 is 0 Å². The van der Waals surface area contributed by atoms with E-state index in [1.54, 1.807) is 0 Å². The summed E-state index contributed by atoms with van der Waals surface area (Å²) in [6.45, 7) is 4.18. The van der Waals surface area contributed by atoms with Crippen LogP contribution in [-0.4, -0.2) is 23.8 Å². The largest absolute Gasteiger partial charge is 0.466 e. The molecule has 0 rings (SSSR count). The molecule has 0 spiro atoms. The zero-order chi connectivity index (χ0) is 9.40. The van der Waals surface area contributed by atoms with Crippen molar-refractivity contribution < 1.29 is 14.6 Å². The van der Waals surface area contributed by atoms with Gasteiger partial charge in [-0.1, -0.05) is 13.8 Å². The van der Waals surface area contributed by atoms with Crippen molar-refractivity contribution in [2.45, 2.75) is 45.6 Å². The van der Waals surface area contributed by atoms with Gasteiger partial charge < -0.3 is 9.84 Å². The summed E-state index contributed by atoms with van der Waals surface area (Å²) < 4.78 is 4.86. The quantitative estimate of drug-likeness (QED) is 0.620. The zero-order valence-corrected chi connectivity index (χ0v) is 7.88. The van der Waals surface area contributed by atoms with Crippen LogP contribution in [0.25, 0.3) is 0 Å². The number of carbonyl (C=O) groups is 1. The van der Waals surface area contributed by atoms with E-state index in [1.807, 2.05) is 13.8 Å². The standard InChI is InChI=1S/C9H18O3/c1-3-5-9(11)12-7-6-8(10)4-2/h8,10H,3-7H2,1-2H3. The lowest BCUT2D eigenvalue weighted by atomic mass is 10.2. The van der Waals surface area contributed by atoms with Gasteiger partial charge in [-0.25, -0.2) is 0 Å². The minimum absolute atomic E-state index is 0.166. The van der Waals surface area contributed by atoms with Crippen LogP contribution in [0.4, 0.5) is 0 Å². The van der Waals surface area contributed by atoms with E-state index in [-0.39, 0.29) is 12.1 Å². The Labute approximate surface area is 73.7 Å². The second kappa shape index (κ2) is 7.10. The van der Waals surface area contributed by atoms with Gasteiger partial charge in [0.25, 0.3) is 0 Å². The normalized spacial score (nSPS) is 12.6. The number of hydrogen-bond acceptors (Lipinski definition) is 3. The molecule has 1 atom stereocenters. The molecule has 0 radical (unpaired) electrons. The SMILES string of the molecule is CCCC(=O)OCCC(O)CC. The molecule has 0 aromatic carbocycles. The van der Waals surface area contributed by atoms with E-state index in [2.05, 4.69) is 0 Å². The van der Waals surface area contributed by atoms with E-state index >= 15 is 0 Å². The molecular weight excluding hydrogens is 156 g/mol. The van der Waals surface area contributed by atoms with E-state index in [1.165, 1.54) is 0 Å². The van der Waals surface area contributed by atoms with Gasteiger partial charge in [-0.2, -0.15) is 0 Å². The topological polar surface area (TPSA) is 46.5 Å². The lowest BCUT2D eigenvalue weighted by molar-refractivity contribution is -0.144. The first-order valence-electron chi connectivity index (χ1n) is 4.54. The number of rotatable bonds is 6. The molecule has 0 fully saturated rings. The summed E-state index contributed by atoms with van der Waals surface area (Å²) in [5, 5.41) is 9.11. The van der Waals surface area contributed by atoms with E-state index in [0.717, 1.165) is 6.42 Å². The summed E-state index contributed by atoms with van der Waals surface area (Å²) in [4.78, 5) is 10.8. The lowest BCUT2D eigenvalue weighted by Gasteiger charge is -2.07. The lowest BCUT2D eigenvalue weighted by Crippen LogP contribution is -2.12. The monoisotopic (exact) mass is 174 g/mol. The number of carbonyl (C=O) groups excluding carboxylic acids is 1. The van der Waals surface area contributed by atoms with Crippen LogP contribution in [0.3, 0.4) is 0 Å². The van der Waals surface area contributed by atoms with Gasteiger partial charge in [-0.05, 0) is 12.8 Å². The molecule has 0 saturated carbocycles. The Morgan fingerprint density at radius 2 is 2.17 bits per heavy atom. The van der Waals surface area contributed by atoms with Crippen LogP contribution in [0.2, 0.25) is 0 Å². The minimum atomic E-state index is -0.334. The third-order valence-corrected chi connectivity index (χ3v) is 1.64. The van der Waals surface area contributed by atoms with Crippen molar-refractivity contribution in [2.75, 3.05) is 6.61 Å². The van der Waals surface area contributed by atoms with Crippen LogP contribution in [0.5, 0.6) is 0 Å². The molecule has 0 saturated heterocycles. The van der Waals surface area contributed by atoms with Gasteiger partial charge in [0.2, 0.25) is 0 Å². The third-order valence-electron chi connectivity index (χ3n) is 1.64. The molecule has 3 heteroatoms. The first-order valence-corrected chi connectivity index (χ1v) is 4.54. The molecule has 1 N–H and O–H groups in total. The van der Waals surface area contributed by atoms with Crippen LogP contribution in [0.1, 0.15) is 39.5 Å². The Balaban J connectivity index is 3.24. The Hall–Kier alpha value is -0.570. The maximum Gasteiger partial charge on any atom is 0.305 e. The van der Waals surface area contributed by atoms with Crippen molar-refractivity contribution in [3.05, 3.63) is 0 Å². The molecule has 0 bridgehead atoms. The zero-order valence-electron chi connectivity index (χ0n) is 7.88. The fourth-order valence-corrected chi connectivity index (χ4v) is 0.789. The summed E-state index contributed by atoms with van der Waals surface area (Å²) in [6, 6.07) is 0. The Morgan fingerprint density at radius 1 is 1.50 bits per heavy atom. The van der Waals surface area contributed by atoms with Crippen LogP contribution in [-0.2, 0) is 9.53 Å². The molecule has 0 aliphatic rings. The van der Waals surface area contributed by atoms with Crippen molar-refractivity contribution in [1.29, 1.82) is 0 Å². The number of esters is 1. The molecular formula is C9H18O3. The number of aliphatic hydroxyl groups is 1. The summed E-state index contributed by atoms with van der Waals surface area (Å²) in [5.74, 6) is -0.166. The van der Waals surface area contributed by atoms with E-state index < -0.39 is 0 Å². The Bertz CT molecular complexity index is 123. The summed E-state index contributed by atoms with van der Waals surface area (Å²) in [7, 11) is 0. The second-order valence-electron chi connectivity index (χ2n) is 2.82. The van der Waals surface area contributed by atoms with Crippen molar-refractivity contribution in [2.24, 2.45) is 0 Å². The first kappa shape index (κ1) is 11.4. The van der Waals surface area contributed by atoms with Gasteiger partial charge in [0.15, 0.2) is 0 Å². The summed E-state index contributed by atoms with van der Waals surface area (Å²) in [6.07, 6.45) is 2.22. The number of hydrogen-bond donors (Lipinski definition) is 1. The summed E-state index contributed by atoms with van der Waals surface area (Å²) >= 11 is 0. The molecule has 0 amide bonds. The molecule has 3 nitrogen and oxygen atoms in total. The fourth-order valence-electron chi connectivity index (χ4n) is 0.789. The van der Waals surface area contributed by atoms with E-state index in [4.69, 9.17) is 9.84 Å². The van der Waals surface area contributed by atoms with Gasteiger partial charge in [-0.15, -0.1) is 0 Å². The maximum atomic E-state index is 10.8. The van der Waals surface area contributed by atoms with E-state index in [0.29, 0.717) is 25.9 Å². The highest BCUT2D eigenvalue weighted by atomic mass is 16.5. The maximum absolute atomic E-state index is 10.8. The fraction of sp³-hybridized carbons (Fsp3) is 0.889. The summed E-state index contributed by atoms with van der Waals surface area (Å²) in [5.41, 5.74) is 0.